The van der Waals surface area contributed by atoms with E-state index in [1.165, 1.54) is 6.20 Å². The molecule has 0 unspecified atom stereocenters. The number of hydrogen-bond acceptors (Lipinski definition) is 5. The van der Waals surface area contributed by atoms with Crippen molar-refractivity contribution in [2.45, 2.75) is 26.8 Å². The SMILES string of the molecule is Cc1nc([N+](=O)[O-])cn1CCC(=O)Nc1cccc(-n2nccc2C)c1. The zero-order chi connectivity index (χ0) is 18.7. The van der Waals surface area contributed by atoms with Gasteiger partial charge in [0.2, 0.25) is 11.7 Å². The van der Waals surface area contributed by atoms with Gasteiger partial charge < -0.3 is 20.0 Å². The van der Waals surface area contributed by atoms with Gasteiger partial charge in [-0.2, -0.15) is 5.10 Å². The average molecular weight is 354 g/mol. The molecule has 0 aliphatic carbocycles. The molecule has 0 radical (unpaired) electrons. The van der Waals surface area contributed by atoms with Crippen LogP contribution in [0.25, 0.3) is 5.69 Å². The van der Waals surface area contributed by atoms with E-state index in [2.05, 4.69) is 15.4 Å². The summed E-state index contributed by atoms with van der Waals surface area (Å²) >= 11 is 0. The van der Waals surface area contributed by atoms with Crippen LogP contribution in [0.3, 0.4) is 0 Å². The quantitative estimate of drug-likeness (QED) is 0.541. The molecule has 134 valence electrons. The van der Waals surface area contributed by atoms with Gasteiger partial charge in [0, 0.05) is 37.5 Å². The molecule has 1 aromatic carbocycles. The molecule has 3 rings (SSSR count). The molecule has 0 fully saturated rings. The van der Waals surface area contributed by atoms with Crippen LogP contribution in [-0.4, -0.2) is 30.2 Å². The fourth-order valence-electron chi connectivity index (χ4n) is 2.61. The van der Waals surface area contributed by atoms with Gasteiger partial charge >= 0.3 is 5.82 Å². The van der Waals surface area contributed by atoms with E-state index in [1.54, 1.807) is 28.4 Å². The van der Waals surface area contributed by atoms with Gasteiger partial charge in [0.1, 0.15) is 6.20 Å². The third kappa shape index (κ3) is 3.77. The lowest BCUT2D eigenvalue weighted by Crippen LogP contribution is -2.15. The molecule has 0 atom stereocenters. The largest absolute Gasteiger partial charge is 0.381 e. The lowest BCUT2D eigenvalue weighted by atomic mass is 10.2. The second-order valence-corrected chi connectivity index (χ2v) is 5.83. The number of anilines is 1. The summed E-state index contributed by atoms with van der Waals surface area (Å²) in [6.07, 6.45) is 3.23. The van der Waals surface area contributed by atoms with Gasteiger partial charge in [-0.3, -0.25) is 4.79 Å². The minimum atomic E-state index is -0.549. The van der Waals surface area contributed by atoms with Crippen molar-refractivity contribution in [1.29, 1.82) is 0 Å². The molecule has 26 heavy (non-hydrogen) atoms. The van der Waals surface area contributed by atoms with Crippen LogP contribution in [0.5, 0.6) is 0 Å². The number of imidazole rings is 1. The number of nitrogens with zero attached hydrogens (tertiary/aromatic N) is 5. The summed E-state index contributed by atoms with van der Waals surface area (Å²) in [6.45, 7) is 3.93. The molecule has 9 heteroatoms. The second kappa shape index (κ2) is 7.18. The monoisotopic (exact) mass is 354 g/mol. The fraction of sp³-hybridized carbons (Fsp3) is 0.235. The zero-order valence-corrected chi connectivity index (χ0v) is 14.4. The number of benzene rings is 1. The number of aryl methyl sites for hydroxylation is 3. The Balaban J connectivity index is 1.64. The van der Waals surface area contributed by atoms with Crippen LogP contribution in [0.15, 0.2) is 42.7 Å². The number of nitrogens with one attached hydrogen (secondary N) is 1. The normalized spacial score (nSPS) is 10.7. The molecule has 0 saturated carbocycles. The third-order valence-electron chi connectivity index (χ3n) is 3.94. The van der Waals surface area contributed by atoms with E-state index in [1.807, 2.05) is 31.2 Å². The number of nitro groups is 1. The molecular formula is C17H18N6O3. The third-order valence-corrected chi connectivity index (χ3v) is 3.94. The Morgan fingerprint density at radius 1 is 1.31 bits per heavy atom. The van der Waals surface area contributed by atoms with Gasteiger partial charge in [-0.15, -0.1) is 0 Å². The van der Waals surface area contributed by atoms with Crippen molar-refractivity contribution in [3.63, 3.8) is 0 Å². The lowest BCUT2D eigenvalue weighted by molar-refractivity contribution is -0.389. The van der Waals surface area contributed by atoms with E-state index in [-0.39, 0.29) is 18.1 Å². The number of amides is 1. The van der Waals surface area contributed by atoms with E-state index in [9.17, 15) is 14.9 Å². The molecule has 1 N–H and O–H groups in total. The Kier molecular flexibility index (Phi) is 4.78. The molecule has 3 aromatic rings. The standard InChI is InChI=1S/C17H18N6O3/c1-12-6-8-18-22(12)15-5-3-4-14(10-15)20-17(24)7-9-21-11-16(23(25)26)19-13(21)2/h3-6,8,10-11H,7,9H2,1-2H3,(H,20,24). The van der Waals surface area contributed by atoms with E-state index in [0.717, 1.165) is 11.4 Å². The van der Waals surface area contributed by atoms with Gasteiger partial charge in [0.05, 0.1) is 5.69 Å². The number of rotatable bonds is 6. The molecule has 0 aliphatic heterocycles. The fourth-order valence-corrected chi connectivity index (χ4v) is 2.61. The number of hydrogen-bond donors (Lipinski definition) is 1. The molecule has 2 heterocycles. The lowest BCUT2D eigenvalue weighted by Gasteiger charge is -2.09. The van der Waals surface area contributed by atoms with Crippen molar-refractivity contribution in [1.82, 2.24) is 19.3 Å². The molecule has 0 saturated heterocycles. The van der Waals surface area contributed by atoms with Gasteiger partial charge in [-0.05, 0) is 41.1 Å². The van der Waals surface area contributed by atoms with Crippen LogP contribution in [0.4, 0.5) is 11.5 Å². The zero-order valence-electron chi connectivity index (χ0n) is 14.4. The van der Waals surface area contributed by atoms with Crippen molar-refractivity contribution in [2.24, 2.45) is 0 Å². The first-order valence-electron chi connectivity index (χ1n) is 8.03. The van der Waals surface area contributed by atoms with Gasteiger partial charge in [-0.25, -0.2) is 4.68 Å². The topological polar surface area (TPSA) is 108 Å². The first kappa shape index (κ1) is 17.3. The van der Waals surface area contributed by atoms with Crippen LogP contribution in [-0.2, 0) is 11.3 Å². The van der Waals surface area contributed by atoms with Crippen molar-refractivity contribution in [3.8, 4) is 5.69 Å². The Morgan fingerprint density at radius 2 is 2.12 bits per heavy atom. The van der Waals surface area contributed by atoms with Crippen molar-refractivity contribution < 1.29 is 9.72 Å². The predicted octanol–water partition coefficient (Wildman–Crippen LogP) is 2.62. The summed E-state index contributed by atoms with van der Waals surface area (Å²) < 4.78 is 3.38. The van der Waals surface area contributed by atoms with Crippen molar-refractivity contribution in [3.05, 3.63) is 64.4 Å². The summed E-state index contributed by atoms with van der Waals surface area (Å²) in [4.78, 5) is 26.2. The maximum atomic E-state index is 12.2. The maximum absolute atomic E-state index is 12.2. The first-order chi connectivity index (χ1) is 12.4. The van der Waals surface area contributed by atoms with Crippen LogP contribution in [0.1, 0.15) is 17.9 Å². The second-order valence-electron chi connectivity index (χ2n) is 5.83. The highest BCUT2D eigenvalue weighted by atomic mass is 16.6. The Labute approximate surface area is 149 Å². The molecule has 1 amide bonds. The highest BCUT2D eigenvalue weighted by molar-refractivity contribution is 5.90. The van der Waals surface area contributed by atoms with Gasteiger partial charge in [0.25, 0.3) is 0 Å². The molecule has 2 aromatic heterocycles. The Hall–Kier alpha value is -3.49. The van der Waals surface area contributed by atoms with Crippen LogP contribution >= 0.6 is 0 Å². The summed E-state index contributed by atoms with van der Waals surface area (Å²) in [6, 6.07) is 9.29. The summed E-state index contributed by atoms with van der Waals surface area (Å²) in [5, 5.41) is 17.8. The van der Waals surface area contributed by atoms with E-state index < -0.39 is 4.92 Å². The van der Waals surface area contributed by atoms with Gasteiger partial charge in [0.15, 0.2) is 0 Å². The average Bonchev–Trinajstić information content (AvgIpc) is 3.19. The molecule has 0 spiro atoms. The highest BCUT2D eigenvalue weighted by Gasteiger charge is 2.15. The summed E-state index contributed by atoms with van der Waals surface area (Å²) in [7, 11) is 0. The smallest absolute Gasteiger partial charge is 0.358 e. The van der Waals surface area contributed by atoms with E-state index in [0.29, 0.717) is 18.1 Å². The maximum Gasteiger partial charge on any atom is 0.381 e. The molecular weight excluding hydrogens is 336 g/mol. The number of carbonyl (C=O) groups is 1. The summed E-state index contributed by atoms with van der Waals surface area (Å²) in [5.74, 6) is 0.0981. The Bertz CT molecular complexity index is 959. The van der Waals surface area contributed by atoms with Crippen molar-refractivity contribution >= 4 is 17.4 Å². The van der Waals surface area contributed by atoms with Gasteiger partial charge in [-0.1, -0.05) is 6.07 Å². The predicted molar refractivity (Wildman–Crippen MR) is 95.2 cm³/mol. The first-order valence-corrected chi connectivity index (χ1v) is 8.03. The molecule has 0 aliphatic rings. The minimum Gasteiger partial charge on any atom is -0.358 e. The minimum absolute atomic E-state index is 0.180. The van der Waals surface area contributed by atoms with Crippen LogP contribution in [0, 0.1) is 24.0 Å². The van der Waals surface area contributed by atoms with E-state index >= 15 is 0 Å². The molecule has 9 nitrogen and oxygen atoms in total. The highest BCUT2D eigenvalue weighted by Crippen LogP contribution is 2.16. The molecule has 0 bridgehead atoms. The number of carbonyl (C=O) groups excluding carboxylic acids is 1. The Morgan fingerprint density at radius 3 is 2.77 bits per heavy atom. The van der Waals surface area contributed by atoms with Crippen LogP contribution < -0.4 is 5.32 Å². The van der Waals surface area contributed by atoms with E-state index in [4.69, 9.17) is 0 Å². The number of aromatic nitrogens is 4. The summed E-state index contributed by atoms with van der Waals surface area (Å²) in [5.41, 5.74) is 2.51. The van der Waals surface area contributed by atoms with Crippen LogP contribution in [0.2, 0.25) is 0 Å². The van der Waals surface area contributed by atoms with Crippen molar-refractivity contribution in [2.75, 3.05) is 5.32 Å².